The number of nitrogens with zero attached hydrogens (tertiary/aromatic N) is 3. The number of methoxy groups -OCH3 is 1. The topological polar surface area (TPSA) is 76.5 Å². The number of ether oxygens (including phenoxy) is 1. The quantitative estimate of drug-likeness (QED) is 0.693. The Hall–Kier alpha value is -2.67. The van der Waals surface area contributed by atoms with Crippen molar-refractivity contribution < 1.29 is 14.3 Å². The minimum atomic E-state index is -0.0771. The number of amides is 2. The molecule has 0 atom stereocenters. The summed E-state index contributed by atoms with van der Waals surface area (Å²) in [6.45, 7) is 5.26. The molecule has 1 aromatic carbocycles. The standard InChI is InChI=1S/C22H30N4O3/c1-3-26-20(8-11-24-26)22(28)25-13-9-18(10-14-25)16-17-4-6-19(7-5-17)21(27)23-12-15-29-2/h4-8,11,18H,3,9-10,12-16H2,1-2H3,(H,23,27). The lowest BCUT2D eigenvalue weighted by Gasteiger charge is -2.32. The van der Waals surface area contributed by atoms with E-state index >= 15 is 0 Å². The molecule has 2 heterocycles. The molecular formula is C22H30N4O3. The van der Waals surface area contributed by atoms with Crippen LogP contribution < -0.4 is 5.32 Å². The lowest BCUT2D eigenvalue weighted by molar-refractivity contribution is 0.0678. The highest BCUT2D eigenvalue weighted by Gasteiger charge is 2.25. The number of rotatable bonds is 8. The molecule has 1 aromatic heterocycles. The molecule has 7 heteroatoms. The van der Waals surface area contributed by atoms with Crippen molar-refractivity contribution in [2.24, 2.45) is 5.92 Å². The number of benzene rings is 1. The predicted molar refractivity (Wildman–Crippen MR) is 111 cm³/mol. The number of aromatic nitrogens is 2. The minimum Gasteiger partial charge on any atom is -0.383 e. The van der Waals surface area contributed by atoms with Crippen LogP contribution in [0.4, 0.5) is 0 Å². The number of hydrogen-bond donors (Lipinski definition) is 1. The van der Waals surface area contributed by atoms with Gasteiger partial charge in [0.15, 0.2) is 0 Å². The van der Waals surface area contributed by atoms with Gasteiger partial charge in [-0.3, -0.25) is 14.3 Å². The maximum atomic E-state index is 12.7. The number of likely N-dealkylation sites (tertiary alicyclic amines) is 1. The maximum absolute atomic E-state index is 12.7. The predicted octanol–water partition coefficient (Wildman–Crippen LogP) is 2.37. The van der Waals surface area contributed by atoms with E-state index < -0.39 is 0 Å². The third-order valence-electron chi connectivity index (χ3n) is 5.47. The highest BCUT2D eigenvalue weighted by Crippen LogP contribution is 2.23. The van der Waals surface area contributed by atoms with Crippen molar-refractivity contribution in [1.82, 2.24) is 20.0 Å². The number of nitrogens with one attached hydrogen (secondary N) is 1. The van der Waals surface area contributed by atoms with E-state index in [9.17, 15) is 9.59 Å². The molecule has 0 unspecified atom stereocenters. The van der Waals surface area contributed by atoms with Crippen molar-refractivity contribution in [3.05, 3.63) is 53.3 Å². The third kappa shape index (κ3) is 5.44. The number of hydrogen-bond acceptors (Lipinski definition) is 4. The largest absolute Gasteiger partial charge is 0.383 e. The molecule has 0 saturated carbocycles. The average Bonchev–Trinajstić information content (AvgIpc) is 3.23. The normalized spacial score (nSPS) is 14.8. The van der Waals surface area contributed by atoms with Gasteiger partial charge in [0.2, 0.25) is 0 Å². The second-order valence-corrected chi connectivity index (χ2v) is 7.42. The Morgan fingerprint density at radius 3 is 2.55 bits per heavy atom. The van der Waals surface area contributed by atoms with Crippen molar-refractivity contribution in [3.63, 3.8) is 0 Å². The molecule has 0 radical (unpaired) electrons. The second-order valence-electron chi connectivity index (χ2n) is 7.42. The van der Waals surface area contributed by atoms with E-state index in [1.54, 1.807) is 24.1 Å². The van der Waals surface area contributed by atoms with E-state index in [0.717, 1.165) is 32.4 Å². The fraction of sp³-hybridized carbons (Fsp3) is 0.500. The molecule has 0 spiro atoms. The molecule has 0 bridgehead atoms. The molecule has 3 rings (SSSR count). The van der Waals surface area contributed by atoms with Crippen LogP contribution in [0.5, 0.6) is 0 Å². The van der Waals surface area contributed by atoms with Crippen LogP contribution >= 0.6 is 0 Å². The summed E-state index contributed by atoms with van der Waals surface area (Å²) in [6, 6.07) is 9.61. The molecular weight excluding hydrogens is 368 g/mol. The zero-order chi connectivity index (χ0) is 20.6. The van der Waals surface area contributed by atoms with E-state index in [-0.39, 0.29) is 11.8 Å². The lowest BCUT2D eigenvalue weighted by atomic mass is 9.90. The van der Waals surface area contributed by atoms with Gasteiger partial charge >= 0.3 is 0 Å². The number of carbonyl (C=O) groups excluding carboxylic acids is 2. The van der Waals surface area contributed by atoms with Crippen LogP contribution in [-0.4, -0.2) is 59.8 Å². The zero-order valence-corrected chi connectivity index (χ0v) is 17.3. The molecule has 7 nitrogen and oxygen atoms in total. The number of carbonyl (C=O) groups is 2. The third-order valence-corrected chi connectivity index (χ3v) is 5.47. The van der Waals surface area contributed by atoms with Crippen LogP contribution in [0.1, 0.15) is 46.2 Å². The fourth-order valence-corrected chi connectivity index (χ4v) is 3.76. The molecule has 1 aliphatic rings. The van der Waals surface area contributed by atoms with E-state index in [0.29, 0.717) is 36.9 Å². The zero-order valence-electron chi connectivity index (χ0n) is 17.3. The van der Waals surface area contributed by atoms with E-state index in [1.807, 2.05) is 36.1 Å². The van der Waals surface area contributed by atoms with Crippen LogP contribution in [0, 0.1) is 5.92 Å². The van der Waals surface area contributed by atoms with Gasteiger partial charge in [-0.15, -0.1) is 0 Å². The van der Waals surface area contributed by atoms with Gasteiger partial charge in [0.05, 0.1) is 6.61 Å². The van der Waals surface area contributed by atoms with E-state index in [1.165, 1.54) is 5.56 Å². The first-order valence-corrected chi connectivity index (χ1v) is 10.3. The number of aryl methyl sites for hydroxylation is 1. The first kappa shape index (κ1) is 21.0. The summed E-state index contributed by atoms with van der Waals surface area (Å²) in [6.07, 6.45) is 4.64. The number of piperidine rings is 1. The highest BCUT2D eigenvalue weighted by molar-refractivity contribution is 5.94. The summed E-state index contributed by atoms with van der Waals surface area (Å²) in [5.74, 6) is 0.551. The molecule has 1 saturated heterocycles. The summed E-state index contributed by atoms with van der Waals surface area (Å²) >= 11 is 0. The first-order valence-electron chi connectivity index (χ1n) is 10.3. The molecule has 1 fully saturated rings. The van der Waals surface area contributed by atoms with Crippen molar-refractivity contribution in [1.29, 1.82) is 0 Å². The summed E-state index contributed by atoms with van der Waals surface area (Å²) in [5, 5.41) is 7.02. The fourth-order valence-electron chi connectivity index (χ4n) is 3.76. The summed E-state index contributed by atoms with van der Waals surface area (Å²) in [7, 11) is 1.61. The van der Waals surface area contributed by atoms with Gasteiger partial charge < -0.3 is 15.0 Å². The molecule has 2 amide bonds. The summed E-state index contributed by atoms with van der Waals surface area (Å²) in [5.41, 5.74) is 2.57. The van der Waals surface area contributed by atoms with Crippen LogP contribution in [0.2, 0.25) is 0 Å². The Bertz CT molecular complexity index is 808. The second kappa shape index (κ2) is 10.2. The van der Waals surface area contributed by atoms with E-state index in [4.69, 9.17) is 4.74 Å². The van der Waals surface area contributed by atoms with Gasteiger partial charge in [-0.05, 0) is 55.9 Å². The molecule has 2 aromatic rings. The molecule has 156 valence electrons. The Morgan fingerprint density at radius 1 is 1.17 bits per heavy atom. The Labute approximate surface area is 172 Å². The van der Waals surface area contributed by atoms with Gasteiger partial charge in [-0.2, -0.15) is 5.10 Å². The lowest BCUT2D eigenvalue weighted by Crippen LogP contribution is -2.39. The van der Waals surface area contributed by atoms with Gasteiger partial charge in [0.1, 0.15) is 5.69 Å². The summed E-state index contributed by atoms with van der Waals surface area (Å²) in [4.78, 5) is 26.7. The van der Waals surface area contributed by atoms with Gasteiger partial charge in [0, 0.05) is 45.0 Å². The SMILES string of the molecule is CCn1nccc1C(=O)N1CCC(Cc2ccc(C(=O)NCCOC)cc2)CC1. The monoisotopic (exact) mass is 398 g/mol. The smallest absolute Gasteiger partial charge is 0.272 e. The van der Waals surface area contributed by atoms with Crippen LogP contribution in [0.25, 0.3) is 0 Å². The van der Waals surface area contributed by atoms with Crippen LogP contribution in [0.15, 0.2) is 36.5 Å². The van der Waals surface area contributed by atoms with Gasteiger partial charge in [-0.1, -0.05) is 12.1 Å². The van der Waals surface area contributed by atoms with Crippen LogP contribution in [0.3, 0.4) is 0 Å². The van der Waals surface area contributed by atoms with E-state index in [2.05, 4.69) is 10.4 Å². The molecule has 1 N–H and O–H groups in total. The maximum Gasteiger partial charge on any atom is 0.272 e. The Balaban J connectivity index is 1.48. The molecule has 29 heavy (non-hydrogen) atoms. The Kier molecular flexibility index (Phi) is 7.41. The van der Waals surface area contributed by atoms with Crippen molar-refractivity contribution in [3.8, 4) is 0 Å². The van der Waals surface area contributed by atoms with Crippen LogP contribution in [-0.2, 0) is 17.7 Å². The van der Waals surface area contributed by atoms with Crippen molar-refractivity contribution >= 4 is 11.8 Å². The summed E-state index contributed by atoms with van der Waals surface area (Å²) < 4.78 is 6.69. The minimum absolute atomic E-state index is 0.0756. The molecule has 1 aliphatic heterocycles. The Morgan fingerprint density at radius 2 is 1.90 bits per heavy atom. The highest BCUT2D eigenvalue weighted by atomic mass is 16.5. The van der Waals surface area contributed by atoms with Crippen molar-refractivity contribution in [2.45, 2.75) is 32.7 Å². The molecule has 0 aliphatic carbocycles. The first-order chi connectivity index (χ1) is 14.1. The van der Waals surface area contributed by atoms with Gasteiger partial charge in [-0.25, -0.2) is 0 Å². The van der Waals surface area contributed by atoms with Crippen molar-refractivity contribution in [2.75, 3.05) is 33.4 Å². The average molecular weight is 399 g/mol. The van der Waals surface area contributed by atoms with Gasteiger partial charge in [0.25, 0.3) is 11.8 Å².